The lowest BCUT2D eigenvalue weighted by molar-refractivity contribution is -0.384. The van der Waals surface area contributed by atoms with E-state index in [4.69, 9.17) is 4.52 Å². The summed E-state index contributed by atoms with van der Waals surface area (Å²) in [6, 6.07) is 14.9. The predicted octanol–water partition coefficient (Wildman–Crippen LogP) is 3.62. The summed E-state index contributed by atoms with van der Waals surface area (Å²) >= 11 is 0. The van der Waals surface area contributed by atoms with Crippen LogP contribution in [-0.2, 0) is 0 Å². The van der Waals surface area contributed by atoms with Crippen LogP contribution in [-0.4, -0.2) is 32.4 Å². The highest BCUT2D eigenvalue weighted by molar-refractivity contribution is 5.95. The Morgan fingerprint density at radius 3 is 2.78 bits per heavy atom. The van der Waals surface area contributed by atoms with Crippen molar-refractivity contribution in [1.82, 2.24) is 15.0 Å². The van der Waals surface area contributed by atoms with Crippen molar-refractivity contribution in [3.8, 4) is 11.4 Å². The zero-order valence-corrected chi connectivity index (χ0v) is 14.3. The number of nitro benzene ring substituents is 1. The van der Waals surface area contributed by atoms with E-state index in [1.807, 2.05) is 30.3 Å². The Morgan fingerprint density at radius 1 is 1.19 bits per heavy atom. The van der Waals surface area contributed by atoms with Gasteiger partial charge in [0.05, 0.1) is 4.92 Å². The molecule has 1 aliphatic rings. The molecule has 2 heterocycles. The number of nitro groups is 1. The van der Waals surface area contributed by atoms with Gasteiger partial charge >= 0.3 is 0 Å². The molecular weight excluding hydrogens is 348 g/mol. The summed E-state index contributed by atoms with van der Waals surface area (Å²) in [4.78, 5) is 29.4. The summed E-state index contributed by atoms with van der Waals surface area (Å²) in [5, 5.41) is 15.0. The fraction of sp³-hybridized carbons (Fsp3) is 0.211. The summed E-state index contributed by atoms with van der Waals surface area (Å²) in [6.45, 7) is 0.537. The first kappa shape index (κ1) is 16.9. The molecule has 1 fully saturated rings. The van der Waals surface area contributed by atoms with Crippen LogP contribution in [0.3, 0.4) is 0 Å². The molecule has 1 amide bonds. The first-order chi connectivity index (χ1) is 13.1. The number of non-ortho nitro benzene ring substituents is 1. The number of hydrogen-bond acceptors (Lipinski definition) is 6. The molecule has 1 atom stereocenters. The Kier molecular flexibility index (Phi) is 4.37. The zero-order valence-electron chi connectivity index (χ0n) is 14.3. The molecule has 1 aromatic heterocycles. The fourth-order valence-electron chi connectivity index (χ4n) is 3.26. The van der Waals surface area contributed by atoms with Crippen molar-refractivity contribution in [1.29, 1.82) is 0 Å². The molecule has 0 saturated carbocycles. The number of nitrogens with zero attached hydrogens (tertiary/aromatic N) is 4. The maximum Gasteiger partial charge on any atom is 0.270 e. The largest absolute Gasteiger partial charge is 0.337 e. The van der Waals surface area contributed by atoms with Crippen molar-refractivity contribution < 1.29 is 14.2 Å². The van der Waals surface area contributed by atoms with Gasteiger partial charge in [0.15, 0.2) is 0 Å². The number of aromatic nitrogens is 2. The average Bonchev–Trinajstić information content (AvgIpc) is 3.37. The van der Waals surface area contributed by atoms with Crippen LogP contribution in [0.2, 0.25) is 0 Å². The molecule has 2 aromatic carbocycles. The van der Waals surface area contributed by atoms with Crippen LogP contribution in [0.5, 0.6) is 0 Å². The maximum absolute atomic E-state index is 12.9. The van der Waals surface area contributed by atoms with E-state index in [1.54, 1.807) is 11.0 Å². The van der Waals surface area contributed by atoms with Crippen molar-refractivity contribution in [3.05, 3.63) is 76.2 Å². The predicted molar refractivity (Wildman–Crippen MR) is 95.8 cm³/mol. The molecule has 0 unspecified atom stereocenters. The summed E-state index contributed by atoms with van der Waals surface area (Å²) < 4.78 is 5.42. The molecule has 3 aromatic rings. The number of carbonyl (C=O) groups is 1. The normalized spacial score (nSPS) is 16.4. The minimum Gasteiger partial charge on any atom is -0.337 e. The van der Waals surface area contributed by atoms with Gasteiger partial charge in [-0.15, -0.1) is 0 Å². The van der Waals surface area contributed by atoms with E-state index in [0.29, 0.717) is 24.7 Å². The Bertz CT molecular complexity index is 986. The van der Waals surface area contributed by atoms with E-state index in [9.17, 15) is 14.9 Å². The molecule has 1 aliphatic heterocycles. The van der Waals surface area contributed by atoms with E-state index >= 15 is 0 Å². The van der Waals surface area contributed by atoms with Gasteiger partial charge in [-0.05, 0) is 18.9 Å². The highest BCUT2D eigenvalue weighted by atomic mass is 16.6. The highest BCUT2D eigenvalue weighted by Gasteiger charge is 2.35. The third-order valence-corrected chi connectivity index (χ3v) is 4.58. The molecule has 136 valence electrons. The topological polar surface area (TPSA) is 102 Å². The smallest absolute Gasteiger partial charge is 0.270 e. The van der Waals surface area contributed by atoms with Crippen LogP contribution >= 0.6 is 0 Å². The Morgan fingerprint density at radius 2 is 2.00 bits per heavy atom. The average molecular weight is 364 g/mol. The number of hydrogen-bond donors (Lipinski definition) is 0. The van der Waals surface area contributed by atoms with E-state index in [0.717, 1.165) is 12.0 Å². The van der Waals surface area contributed by atoms with E-state index in [2.05, 4.69) is 10.1 Å². The molecular formula is C19H16N4O4. The molecule has 4 rings (SSSR count). The third kappa shape index (κ3) is 3.29. The molecule has 27 heavy (non-hydrogen) atoms. The van der Waals surface area contributed by atoms with Crippen molar-refractivity contribution in [2.75, 3.05) is 6.54 Å². The van der Waals surface area contributed by atoms with Gasteiger partial charge in [0.25, 0.3) is 11.6 Å². The molecule has 8 nitrogen and oxygen atoms in total. The summed E-state index contributed by atoms with van der Waals surface area (Å²) in [5.74, 6) is 0.575. The minimum absolute atomic E-state index is 0.110. The van der Waals surface area contributed by atoms with Crippen molar-refractivity contribution >= 4 is 11.6 Å². The molecule has 0 aliphatic carbocycles. The Labute approximate surface area is 154 Å². The number of rotatable bonds is 4. The second-order valence-corrected chi connectivity index (χ2v) is 6.29. The van der Waals surface area contributed by atoms with Crippen LogP contribution < -0.4 is 0 Å². The highest BCUT2D eigenvalue weighted by Crippen LogP contribution is 2.33. The SMILES string of the molecule is O=C(c1cccc([N+](=O)[O-])c1)N1CCC[C@@H]1c1nc(-c2ccccc2)no1. The lowest BCUT2D eigenvalue weighted by Gasteiger charge is -2.21. The van der Waals surface area contributed by atoms with Crippen molar-refractivity contribution in [3.63, 3.8) is 0 Å². The molecule has 0 bridgehead atoms. The van der Waals surface area contributed by atoms with Crippen LogP contribution in [0.25, 0.3) is 11.4 Å². The van der Waals surface area contributed by atoms with Gasteiger partial charge in [-0.2, -0.15) is 4.98 Å². The van der Waals surface area contributed by atoms with Crippen LogP contribution in [0.15, 0.2) is 59.1 Å². The number of likely N-dealkylation sites (tertiary alicyclic amines) is 1. The minimum atomic E-state index is -0.512. The lowest BCUT2D eigenvalue weighted by atomic mass is 10.1. The zero-order chi connectivity index (χ0) is 18.8. The first-order valence-electron chi connectivity index (χ1n) is 8.58. The monoisotopic (exact) mass is 364 g/mol. The lowest BCUT2D eigenvalue weighted by Crippen LogP contribution is -2.30. The van der Waals surface area contributed by atoms with Gasteiger partial charge in [0, 0.05) is 29.8 Å². The van der Waals surface area contributed by atoms with Crippen LogP contribution in [0.4, 0.5) is 5.69 Å². The maximum atomic E-state index is 12.9. The molecule has 0 radical (unpaired) electrons. The van der Waals surface area contributed by atoms with Gasteiger partial charge in [-0.3, -0.25) is 14.9 Å². The van der Waals surface area contributed by atoms with E-state index in [-0.39, 0.29) is 23.2 Å². The fourth-order valence-corrected chi connectivity index (χ4v) is 3.26. The van der Waals surface area contributed by atoms with Gasteiger partial charge in [-0.1, -0.05) is 41.6 Å². The first-order valence-corrected chi connectivity index (χ1v) is 8.58. The number of carbonyl (C=O) groups excluding carboxylic acids is 1. The van der Waals surface area contributed by atoms with Crippen molar-refractivity contribution in [2.45, 2.75) is 18.9 Å². The van der Waals surface area contributed by atoms with Gasteiger partial charge < -0.3 is 9.42 Å². The van der Waals surface area contributed by atoms with E-state index < -0.39 is 4.92 Å². The van der Waals surface area contributed by atoms with Gasteiger partial charge in [0.2, 0.25) is 11.7 Å². The van der Waals surface area contributed by atoms with Gasteiger partial charge in [-0.25, -0.2) is 0 Å². The van der Waals surface area contributed by atoms with Crippen LogP contribution in [0, 0.1) is 10.1 Å². The quantitative estimate of drug-likeness (QED) is 0.517. The van der Waals surface area contributed by atoms with Gasteiger partial charge in [0.1, 0.15) is 6.04 Å². The van der Waals surface area contributed by atoms with Crippen molar-refractivity contribution in [2.24, 2.45) is 0 Å². The summed E-state index contributed by atoms with van der Waals surface area (Å²) in [5.41, 5.74) is 1.00. The van der Waals surface area contributed by atoms with E-state index in [1.165, 1.54) is 18.2 Å². The molecule has 0 spiro atoms. The number of benzene rings is 2. The summed E-state index contributed by atoms with van der Waals surface area (Å²) in [7, 11) is 0. The second-order valence-electron chi connectivity index (χ2n) is 6.29. The molecule has 8 heteroatoms. The standard InChI is InChI=1S/C19H16N4O4/c24-19(14-8-4-9-15(12-14)23(25)26)22-11-5-10-16(22)18-20-17(21-27-18)13-6-2-1-3-7-13/h1-4,6-9,12,16H,5,10-11H2/t16-/m1/s1. The molecule has 0 N–H and O–H groups in total. The Balaban J connectivity index is 1.59. The summed E-state index contributed by atoms with van der Waals surface area (Å²) in [6.07, 6.45) is 1.51. The third-order valence-electron chi connectivity index (χ3n) is 4.58. The number of amides is 1. The Hall–Kier alpha value is -3.55. The van der Waals surface area contributed by atoms with Crippen LogP contribution in [0.1, 0.15) is 35.1 Å². The second kappa shape index (κ2) is 6.99. The molecule has 1 saturated heterocycles.